The Morgan fingerprint density at radius 1 is 1.50 bits per heavy atom. The maximum Gasteiger partial charge on any atom is 0.237 e. The third kappa shape index (κ3) is 2.14. The molecule has 2 aliphatic rings. The minimum Gasteiger partial charge on any atom is -0.352 e. The van der Waals surface area contributed by atoms with Crippen molar-refractivity contribution < 1.29 is 4.79 Å². The largest absolute Gasteiger partial charge is 0.352 e. The highest BCUT2D eigenvalue weighted by Crippen LogP contribution is 2.25. The third-order valence-electron chi connectivity index (χ3n) is 4.24. The highest BCUT2D eigenvalue weighted by Gasteiger charge is 2.30. The van der Waals surface area contributed by atoms with Gasteiger partial charge in [-0.05, 0) is 18.8 Å². The summed E-state index contributed by atoms with van der Waals surface area (Å²) >= 11 is 0. The second-order valence-corrected chi connectivity index (χ2v) is 5.49. The number of fused-ring (bicyclic) bond motifs is 1. The Balaban J connectivity index is 1.61. The molecule has 1 aromatic rings. The normalized spacial score (nSPS) is 31.1. The molecule has 1 fully saturated rings. The van der Waals surface area contributed by atoms with Crippen LogP contribution in [0.3, 0.4) is 0 Å². The number of aromatic amines is 1. The molecule has 1 aliphatic heterocycles. The van der Waals surface area contributed by atoms with Crippen molar-refractivity contribution >= 4 is 5.91 Å². The van der Waals surface area contributed by atoms with E-state index < -0.39 is 0 Å². The van der Waals surface area contributed by atoms with Gasteiger partial charge in [-0.2, -0.15) is 0 Å². The van der Waals surface area contributed by atoms with Gasteiger partial charge in [0.2, 0.25) is 5.91 Å². The molecule has 0 spiro atoms. The number of amides is 1. The average Bonchev–Trinajstić information content (AvgIpc) is 2.98. The summed E-state index contributed by atoms with van der Waals surface area (Å²) in [5, 5.41) is 6.45. The lowest BCUT2D eigenvalue weighted by Crippen LogP contribution is -2.51. The van der Waals surface area contributed by atoms with Crippen molar-refractivity contribution in [1.82, 2.24) is 20.6 Å². The molecule has 18 heavy (non-hydrogen) atoms. The highest BCUT2D eigenvalue weighted by atomic mass is 16.2. The second-order valence-electron chi connectivity index (χ2n) is 5.49. The first-order valence-corrected chi connectivity index (χ1v) is 6.79. The molecule has 1 amide bonds. The molecule has 1 aliphatic carbocycles. The number of hydrogen-bond acceptors (Lipinski definition) is 3. The lowest BCUT2D eigenvalue weighted by atomic mass is 10.0. The van der Waals surface area contributed by atoms with E-state index in [0.717, 1.165) is 17.8 Å². The number of carbonyl (C=O) groups is 1. The molecule has 5 heteroatoms. The number of rotatable bonds is 2. The lowest BCUT2D eigenvalue weighted by molar-refractivity contribution is -0.124. The van der Waals surface area contributed by atoms with Crippen LogP contribution in [-0.2, 0) is 17.8 Å². The van der Waals surface area contributed by atoms with Crippen molar-refractivity contribution in [2.24, 2.45) is 5.92 Å². The van der Waals surface area contributed by atoms with E-state index in [-0.39, 0.29) is 11.9 Å². The van der Waals surface area contributed by atoms with Gasteiger partial charge in [-0.25, -0.2) is 4.98 Å². The van der Waals surface area contributed by atoms with Crippen LogP contribution in [0, 0.1) is 5.92 Å². The molecule has 3 atom stereocenters. The number of H-pyrrole nitrogens is 1. The predicted octanol–water partition coefficient (Wildman–Crippen LogP) is 0.729. The molecule has 3 N–H and O–H groups in total. The van der Waals surface area contributed by atoms with E-state index in [1.54, 1.807) is 6.33 Å². The molecule has 0 saturated heterocycles. The summed E-state index contributed by atoms with van der Waals surface area (Å²) < 4.78 is 0. The number of carbonyl (C=O) groups excluding carboxylic acids is 1. The Kier molecular flexibility index (Phi) is 3.07. The van der Waals surface area contributed by atoms with Gasteiger partial charge in [0, 0.05) is 19.0 Å². The van der Waals surface area contributed by atoms with Gasteiger partial charge in [0.15, 0.2) is 0 Å². The molecule has 1 saturated carbocycles. The summed E-state index contributed by atoms with van der Waals surface area (Å²) in [7, 11) is 0. The van der Waals surface area contributed by atoms with Gasteiger partial charge in [-0.15, -0.1) is 0 Å². The summed E-state index contributed by atoms with van der Waals surface area (Å²) in [6.45, 7) is 2.92. The van der Waals surface area contributed by atoms with Crippen LogP contribution in [0.1, 0.15) is 37.6 Å². The Bertz CT molecular complexity index is 442. The van der Waals surface area contributed by atoms with Gasteiger partial charge in [0.1, 0.15) is 0 Å². The van der Waals surface area contributed by atoms with Crippen LogP contribution in [0.2, 0.25) is 0 Å². The van der Waals surface area contributed by atoms with E-state index in [9.17, 15) is 4.79 Å². The van der Waals surface area contributed by atoms with Crippen LogP contribution in [0.5, 0.6) is 0 Å². The van der Waals surface area contributed by atoms with Gasteiger partial charge < -0.3 is 10.3 Å². The zero-order valence-electron chi connectivity index (χ0n) is 10.7. The van der Waals surface area contributed by atoms with Gasteiger partial charge in [-0.1, -0.05) is 13.3 Å². The summed E-state index contributed by atoms with van der Waals surface area (Å²) in [6.07, 6.45) is 5.96. The lowest BCUT2D eigenvalue weighted by Gasteiger charge is -2.25. The second kappa shape index (κ2) is 4.72. The van der Waals surface area contributed by atoms with Gasteiger partial charge in [0.25, 0.3) is 0 Å². The summed E-state index contributed by atoms with van der Waals surface area (Å²) in [5.74, 6) is 0.737. The van der Waals surface area contributed by atoms with Crippen molar-refractivity contribution in [2.75, 3.05) is 0 Å². The molecule has 0 radical (unpaired) electrons. The van der Waals surface area contributed by atoms with Gasteiger partial charge in [0.05, 0.1) is 23.8 Å². The molecule has 3 unspecified atom stereocenters. The van der Waals surface area contributed by atoms with Crippen molar-refractivity contribution in [3.05, 3.63) is 17.7 Å². The minimum atomic E-state index is -0.131. The molecule has 0 aromatic carbocycles. The highest BCUT2D eigenvalue weighted by molar-refractivity contribution is 5.82. The molecule has 5 nitrogen and oxygen atoms in total. The number of imidazole rings is 1. The molecule has 1 aromatic heterocycles. The Morgan fingerprint density at radius 2 is 2.39 bits per heavy atom. The van der Waals surface area contributed by atoms with E-state index >= 15 is 0 Å². The molecular weight excluding hydrogens is 228 g/mol. The summed E-state index contributed by atoms with van der Waals surface area (Å²) in [4.78, 5) is 19.6. The number of nitrogens with one attached hydrogen (secondary N) is 3. The molecule has 2 heterocycles. The fourth-order valence-corrected chi connectivity index (χ4v) is 3.00. The number of nitrogens with zero attached hydrogens (tertiary/aromatic N) is 1. The van der Waals surface area contributed by atoms with Crippen LogP contribution in [0.15, 0.2) is 6.33 Å². The first-order valence-electron chi connectivity index (χ1n) is 6.79. The van der Waals surface area contributed by atoms with Crippen LogP contribution in [-0.4, -0.2) is 28.0 Å². The molecule has 0 bridgehead atoms. The first kappa shape index (κ1) is 11.7. The van der Waals surface area contributed by atoms with Gasteiger partial charge in [-0.3, -0.25) is 10.1 Å². The van der Waals surface area contributed by atoms with Crippen molar-refractivity contribution in [3.63, 3.8) is 0 Å². The van der Waals surface area contributed by atoms with Crippen LogP contribution >= 0.6 is 0 Å². The first-order chi connectivity index (χ1) is 8.74. The summed E-state index contributed by atoms with van der Waals surface area (Å²) in [5.41, 5.74) is 2.13. The van der Waals surface area contributed by atoms with Crippen molar-refractivity contribution in [2.45, 2.75) is 51.2 Å². The summed E-state index contributed by atoms with van der Waals surface area (Å²) in [6, 6.07) is 0.230. The zero-order valence-corrected chi connectivity index (χ0v) is 10.7. The molecular formula is C13H20N4O. The SMILES string of the molecule is CC1CCCC1NC(=O)C1Cc2nc[nH]c2CN1. The van der Waals surface area contributed by atoms with Crippen LogP contribution < -0.4 is 10.6 Å². The van der Waals surface area contributed by atoms with Crippen LogP contribution in [0.25, 0.3) is 0 Å². The van der Waals surface area contributed by atoms with Crippen LogP contribution in [0.4, 0.5) is 0 Å². The minimum absolute atomic E-state index is 0.127. The van der Waals surface area contributed by atoms with E-state index in [4.69, 9.17) is 0 Å². The van der Waals surface area contributed by atoms with Crippen molar-refractivity contribution in [3.8, 4) is 0 Å². The predicted molar refractivity (Wildman–Crippen MR) is 67.9 cm³/mol. The Hall–Kier alpha value is -1.36. The van der Waals surface area contributed by atoms with E-state index in [0.29, 0.717) is 24.9 Å². The number of hydrogen-bond donors (Lipinski definition) is 3. The monoisotopic (exact) mass is 248 g/mol. The smallest absolute Gasteiger partial charge is 0.237 e. The van der Waals surface area contributed by atoms with E-state index in [2.05, 4.69) is 27.5 Å². The van der Waals surface area contributed by atoms with Crippen molar-refractivity contribution in [1.29, 1.82) is 0 Å². The van der Waals surface area contributed by atoms with E-state index in [1.165, 1.54) is 12.8 Å². The maximum atomic E-state index is 12.2. The molecule has 98 valence electrons. The average molecular weight is 248 g/mol. The fourth-order valence-electron chi connectivity index (χ4n) is 3.00. The van der Waals surface area contributed by atoms with Gasteiger partial charge >= 0.3 is 0 Å². The zero-order chi connectivity index (χ0) is 12.5. The Labute approximate surface area is 107 Å². The fraction of sp³-hybridized carbons (Fsp3) is 0.692. The Morgan fingerprint density at radius 3 is 3.17 bits per heavy atom. The molecule has 3 rings (SSSR count). The topological polar surface area (TPSA) is 69.8 Å². The quantitative estimate of drug-likeness (QED) is 0.722. The third-order valence-corrected chi connectivity index (χ3v) is 4.24. The van der Waals surface area contributed by atoms with E-state index in [1.807, 2.05) is 0 Å². The number of aromatic nitrogens is 2. The standard InChI is InChI=1S/C13H20N4O/c1-8-3-2-4-9(8)17-13(18)11-5-10-12(6-14-11)16-7-15-10/h7-9,11,14H,2-6H2,1H3,(H,15,16)(H,17,18). The maximum absolute atomic E-state index is 12.2.